The minimum atomic E-state index is -0.144. The molecule has 1 N–H and O–H groups in total. The molecule has 0 aliphatic heterocycles. The first kappa shape index (κ1) is 21.4. The number of nitrogens with zero attached hydrogens (tertiary/aromatic N) is 4. The van der Waals surface area contributed by atoms with Gasteiger partial charge >= 0.3 is 0 Å². The molecule has 158 valence electrons. The van der Waals surface area contributed by atoms with E-state index < -0.39 is 0 Å². The first-order valence-electron chi connectivity index (χ1n) is 9.21. The van der Waals surface area contributed by atoms with Crippen LogP contribution < -0.4 is 19.5 Å². The molecular weight excluding hydrogens is 406 g/mol. The number of carbonyl (C=O) groups excluding carboxylic acids is 1. The van der Waals surface area contributed by atoms with Crippen molar-refractivity contribution in [2.45, 2.75) is 12.1 Å². The SMILES string of the molecule is COc1ccccc1OCCNC(=O)CSc1nnnn1-c1cc(C)ccc1OC. The molecule has 3 aromatic rings. The van der Waals surface area contributed by atoms with Crippen molar-refractivity contribution in [3.05, 3.63) is 48.0 Å². The first-order valence-corrected chi connectivity index (χ1v) is 10.2. The number of ether oxygens (including phenoxy) is 3. The Morgan fingerprint density at radius 3 is 2.63 bits per heavy atom. The Hall–Kier alpha value is -3.27. The van der Waals surface area contributed by atoms with E-state index in [4.69, 9.17) is 14.2 Å². The summed E-state index contributed by atoms with van der Waals surface area (Å²) in [7, 11) is 3.17. The van der Waals surface area contributed by atoms with Crippen LogP contribution in [0.4, 0.5) is 0 Å². The summed E-state index contributed by atoms with van der Waals surface area (Å²) in [5, 5.41) is 15.1. The lowest BCUT2D eigenvalue weighted by Gasteiger charge is -2.11. The summed E-state index contributed by atoms with van der Waals surface area (Å²) in [5.74, 6) is 1.96. The van der Waals surface area contributed by atoms with Crippen LogP contribution >= 0.6 is 11.8 Å². The number of hydrogen-bond donors (Lipinski definition) is 1. The van der Waals surface area contributed by atoms with E-state index in [0.29, 0.717) is 35.6 Å². The largest absolute Gasteiger partial charge is 0.494 e. The standard InChI is InChI=1S/C20H23N5O4S/c1-14-8-9-16(27-2)15(12-14)25-20(22-23-24-25)30-13-19(26)21-10-11-29-18-7-5-4-6-17(18)28-3/h4-9,12H,10-11,13H2,1-3H3,(H,21,26). The number of benzene rings is 2. The van der Waals surface area contributed by atoms with Gasteiger partial charge in [0.1, 0.15) is 18.0 Å². The average molecular weight is 430 g/mol. The number of rotatable bonds is 10. The third-order valence-electron chi connectivity index (χ3n) is 4.09. The second-order valence-corrected chi connectivity index (χ2v) is 7.13. The number of tetrazole rings is 1. The van der Waals surface area contributed by atoms with Crippen molar-refractivity contribution in [3.63, 3.8) is 0 Å². The maximum absolute atomic E-state index is 12.2. The molecule has 0 saturated carbocycles. The number of para-hydroxylation sites is 2. The van der Waals surface area contributed by atoms with Gasteiger partial charge in [-0.1, -0.05) is 30.0 Å². The van der Waals surface area contributed by atoms with Gasteiger partial charge in [-0.05, 0) is 47.2 Å². The Labute approximate surface area is 178 Å². The van der Waals surface area contributed by atoms with Crippen LogP contribution in [0, 0.1) is 6.92 Å². The molecule has 2 aromatic carbocycles. The van der Waals surface area contributed by atoms with Crippen LogP contribution in [0.3, 0.4) is 0 Å². The number of hydrogen-bond acceptors (Lipinski definition) is 8. The van der Waals surface area contributed by atoms with Crippen LogP contribution in [-0.2, 0) is 4.79 Å². The lowest BCUT2D eigenvalue weighted by molar-refractivity contribution is -0.118. The van der Waals surface area contributed by atoms with E-state index in [1.807, 2.05) is 49.4 Å². The quantitative estimate of drug-likeness (QED) is 0.387. The van der Waals surface area contributed by atoms with Gasteiger partial charge in [0.15, 0.2) is 11.5 Å². The highest BCUT2D eigenvalue weighted by Gasteiger charge is 2.15. The average Bonchev–Trinajstić information content (AvgIpc) is 3.24. The summed E-state index contributed by atoms with van der Waals surface area (Å²) in [5.41, 5.74) is 1.76. The monoisotopic (exact) mass is 429 g/mol. The second-order valence-electron chi connectivity index (χ2n) is 6.19. The Bertz CT molecular complexity index is 995. The molecule has 9 nitrogen and oxygen atoms in total. The normalized spacial score (nSPS) is 10.5. The summed E-state index contributed by atoms with van der Waals surface area (Å²) < 4.78 is 17.8. The molecule has 1 aromatic heterocycles. The summed E-state index contributed by atoms with van der Waals surface area (Å²) >= 11 is 1.24. The highest BCUT2D eigenvalue weighted by Crippen LogP contribution is 2.27. The van der Waals surface area contributed by atoms with Crippen molar-refractivity contribution in [1.82, 2.24) is 25.5 Å². The fourth-order valence-corrected chi connectivity index (χ4v) is 3.37. The Kier molecular flexibility index (Phi) is 7.50. The van der Waals surface area contributed by atoms with E-state index >= 15 is 0 Å². The van der Waals surface area contributed by atoms with Crippen molar-refractivity contribution >= 4 is 17.7 Å². The number of aryl methyl sites for hydroxylation is 1. The van der Waals surface area contributed by atoms with E-state index in [1.165, 1.54) is 11.8 Å². The zero-order valence-corrected chi connectivity index (χ0v) is 17.8. The van der Waals surface area contributed by atoms with Crippen molar-refractivity contribution in [1.29, 1.82) is 0 Å². The predicted molar refractivity (Wildman–Crippen MR) is 113 cm³/mol. The minimum Gasteiger partial charge on any atom is -0.494 e. The molecule has 30 heavy (non-hydrogen) atoms. The van der Waals surface area contributed by atoms with Crippen molar-refractivity contribution in [2.24, 2.45) is 0 Å². The molecule has 1 amide bonds. The lowest BCUT2D eigenvalue weighted by atomic mass is 10.2. The summed E-state index contributed by atoms with van der Waals surface area (Å²) in [6.07, 6.45) is 0. The molecule has 0 radical (unpaired) electrons. The highest BCUT2D eigenvalue weighted by molar-refractivity contribution is 7.99. The first-order chi connectivity index (χ1) is 14.6. The van der Waals surface area contributed by atoms with Gasteiger partial charge in [-0.2, -0.15) is 4.68 Å². The molecule has 0 atom stereocenters. The summed E-state index contributed by atoms with van der Waals surface area (Å²) in [6, 6.07) is 13.1. The van der Waals surface area contributed by atoms with Gasteiger partial charge < -0.3 is 19.5 Å². The number of methoxy groups -OCH3 is 2. The van der Waals surface area contributed by atoms with E-state index in [0.717, 1.165) is 11.3 Å². The van der Waals surface area contributed by atoms with Crippen LogP contribution in [0.15, 0.2) is 47.6 Å². The zero-order valence-electron chi connectivity index (χ0n) is 17.0. The van der Waals surface area contributed by atoms with Crippen molar-refractivity contribution < 1.29 is 19.0 Å². The zero-order chi connectivity index (χ0) is 21.3. The fraction of sp³-hybridized carbons (Fsp3) is 0.300. The van der Waals surface area contributed by atoms with E-state index in [9.17, 15) is 4.79 Å². The molecular formula is C20H23N5O4S. The third-order valence-corrected chi connectivity index (χ3v) is 5.01. The molecule has 0 aliphatic rings. The molecule has 10 heteroatoms. The summed E-state index contributed by atoms with van der Waals surface area (Å²) in [4.78, 5) is 12.2. The van der Waals surface area contributed by atoms with Gasteiger partial charge in [-0.15, -0.1) is 5.10 Å². The Balaban J connectivity index is 1.50. The predicted octanol–water partition coefficient (Wildman–Crippen LogP) is 2.28. The number of nitrogens with one attached hydrogen (secondary N) is 1. The second kappa shape index (κ2) is 10.5. The Morgan fingerprint density at radius 2 is 1.87 bits per heavy atom. The lowest BCUT2D eigenvalue weighted by Crippen LogP contribution is -2.29. The summed E-state index contributed by atoms with van der Waals surface area (Å²) in [6.45, 7) is 2.67. The minimum absolute atomic E-state index is 0.144. The van der Waals surface area contributed by atoms with Gasteiger partial charge in [0, 0.05) is 0 Å². The van der Waals surface area contributed by atoms with Gasteiger partial charge in [0.05, 0.1) is 26.5 Å². The van der Waals surface area contributed by atoms with Gasteiger partial charge in [-0.25, -0.2) is 0 Å². The molecule has 0 fully saturated rings. The number of aromatic nitrogens is 4. The van der Waals surface area contributed by atoms with Crippen LogP contribution in [0.2, 0.25) is 0 Å². The van der Waals surface area contributed by atoms with E-state index in [1.54, 1.807) is 18.9 Å². The van der Waals surface area contributed by atoms with Crippen LogP contribution in [-0.4, -0.2) is 59.2 Å². The van der Waals surface area contributed by atoms with Crippen molar-refractivity contribution in [2.75, 3.05) is 33.1 Å². The smallest absolute Gasteiger partial charge is 0.230 e. The third kappa shape index (κ3) is 5.41. The molecule has 0 unspecified atom stereocenters. The number of amides is 1. The van der Waals surface area contributed by atoms with Gasteiger partial charge in [0.25, 0.3) is 0 Å². The van der Waals surface area contributed by atoms with Crippen molar-refractivity contribution in [3.8, 4) is 22.9 Å². The molecule has 0 aliphatic carbocycles. The number of thioether (sulfide) groups is 1. The van der Waals surface area contributed by atoms with E-state index in [-0.39, 0.29) is 11.7 Å². The van der Waals surface area contributed by atoms with Gasteiger partial charge in [-0.3, -0.25) is 4.79 Å². The fourth-order valence-electron chi connectivity index (χ4n) is 2.66. The van der Waals surface area contributed by atoms with Crippen LogP contribution in [0.5, 0.6) is 17.2 Å². The van der Waals surface area contributed by atoms with E-state index in [2.05, 4.69) is 20.8 Å². The van der Waals surface area contributed by atoms with Gasteiger partial charge in [0.2, 0.25) is 11.1 Å². The Morgan fingerprint density at radius 1 is 1.10 bits per heavy atom. The maximum Gasteiger partial charge on any atom is 0.230 e. The number of carbonyl (C=O) groups is 1. The highest BCUT2D eigenvalue weighted by atomic mass is 32.2. The molecule has 3 rings (SSSR count). The molecule has 0 bridgehead atoms. The van der Waals surface area contributed by atoms with Crippen LogP contribution in [0.25, 0.3) is 5.69 Å². The molecule has 1 heterocycles. The topological polar surface area (TPSA) is 100 Å². The molecule has 0 spiro atoms. The van der Waals surface area contributed by atoms with Crippen LogP contribution in [0.1, 0.15) is 5.56 Å². The maximum atomic E-state index is 12.2. The molecule has 0 saturated heterocycles.